The molecule has 2 aromatic rings. The van der Waals surface area contributed by atoms with E-state index in [0.29, 0.717) is 50.9 Å². The molecule has 9 heteroatoms. The van der Waals surface area contributed by atoms with E-state index in [4.69, 9.17) is 0 Å². The molecule has 0 saturated carbocycles. The van der Waals surface area contributed by atoms with Gasteiger partial charge in [0.05, 0.1) is 10.8 Å². The van der Waals surface area contributed by atoms with Gasteiger partial charge < -0.3 is 10.2 Å². The second kappa shape index (κ2) is 10.0. The van der Waals surface area contributed by atoms with E-state index in [1.165, 1.54) is 28.6 Å². The fraction of sp³-hybridized carbons (Fsp3) is 0.417. The number of sulfonamides is 1. The third-order valence-corrected chi connectivity index (χ3v) is 8.24. The lowest BCUT2D eigenvalue weighted by molar-refractivity contribution is -0.137. The van der Waals surface area contributed by atoms with Gasteiger partial charge in [0, 0.05) is 37.8 Å². The highest BCUT2D eigenvalue weighted by atomic mass is 32.2. The van der Waals surface area contributed by atoms with Gasteiger partial charge in [-0.05, 0) is 62.1 Å². The first-order valence-corrected chi connectivity index (χ1v) is 12.7. The number of amides is 2. The Bertz CT molecular complexity index is 1080. The molecule has 1 atom stereocenters. The molecule has 2 aliphatic heterocycles. The molecule has 2 amide bonds. The van der Waals surface area contributed by atoms with Crippen LogP contribution in [0.2, 0.25) is 0 Å². The predicted molar refractivity (Wildman–Crippen MR) is 121 cm³/mol. The first-order chi connectivity index (χ1) is 15.8. The fourth-order valence-electron chi connectivity index (χ4n) is 4.48. The standard InChI is InChI=1S/C24H28FN3O4S/c25-20-10-8-18(9-11-20)23(29)26-21-12-15-27(16-13-21)24(30)19-5-4-14-28(17-19)33(31,32)22-6-2-1-3-7-22/h1-3,6-11,19,21H,4-5,12-17H2,(H,26,29). The summed E-state index contributed by atoms with van der Waals surface area (Å²) in [5, 5.41) is 2.95. The van der Waals surface area contributed by atoms with Gasteiger partial charge in [0.15, 0.2) is 0 Å². The molecule has 1 N–H and O–H groups in total. The number of carbonyl (C=O) groups is 2. The average Bonchev–Trinajstić information content (AvgIpc) is 2.85. The molecule has 0 radical (unpaired) electrons. The Labute approximate surface area is 193 Å². The lowest BCUT2D eigenvalue weighted by atomic mass is 9.96. The van der Waals surface area contributed by atoms with E-state index < -0.39 is 15.8 Å². The summed E-state index contributed by atoms with van der Waals surface area (Å²) in [7, 11) is -3.62. The zero-order valence-electron chi connectivity index (χ0n) is 18.3. The molecule has 2 saturated heterocycles. The minimum Gasteiger partial charge on any atom is -0.349 e. The number of likely N-dealkylation sites (tertiary alicyclic amines) is 1. The Kier molecular flexibility index (Phi) is 7.09. The predicted octanol–water partition coefficient (Wildman–Crippen LogP) is 2.65. The van der Waals surface area contributed by atoms with Crippen LogP contribution in [-0.2, 0) is 14.8 Å². The first kappa shape index (κ1) is 23.4. The number of hydrogen-bond acceptors (Lipinski definition) is 4. The molecule has 176 valence electrons. The molecule has 0 bridgehead atoms. The van der Waals surface area contributed by atoms with Crippen molar-refractivity contribution in [2.75, 3.05) is 26.2 Å². The molecule has 2 aliphatic rings. The van der Waals surface area contributed by atoms with E-state index in [9.17, 15) is 22.4 Å². The van der Waals surface area contributed by atoms with E-state index >= 15 is 0 Å². The number of hydrogen-bond donors (Lipinski definition) is 1. The van der Waals surface area contributed by atoms with Gasteiger partial charge in [-0.1, -0.05) is 18.2 Å². The number of nitrogens with zero attached hydrogens (tertiary/aromatic N) is 2. The molecule has 1 unspecified atom stereocenters. The molecule has 2 heterocycles. The SMILES string of the molecule is O=C(NC1CCN(C(=O)C2CCCN(S(=O)(=O)c3ccccc3)C2)CC1)c1ccc(F)cc1. The van der Waals surface area contributed by atoms with E-state index in [0.717, 1.165) is 0 Å². The maximum Gasteiger partial charge on any atom is 0.251 e. The maximum absolute atomic E-state index is 13.1. The molecular formula is C24H28FN3O4S. The van der Waals surface area contributed by atoms with Crippen molar-refractivity contribution < 1.29 is 22.4 Å². The normalized spacial score (nSPS) is 20.4. The summed E-state index contributed by atoms with van der Waals surface area (Å²) in [6.45, 7) is 1.63. The van der Waals surface area contributed by atoms with E-state index in [-0.39, 0.29) is 35.2 Å². The average molecular weight is 474 g/mol. The zero-order chi connectivity index (χ0) is 23.4. The van der Waals surface area contributed by atoms with Crippen molar-refractivity contribution in [3.05, 3.63) is 66.0 Å². The van der Waals surface area contributed by atoms with Gasteiger partial charge in [-0.25, -0.2) is 12.8 Å². The van der Waals surface area contributed by atoms with Crippen LogP contribution >= 0.6 is 0 Å². The highest BCUT2D eigenvalue weighted by Gasteiger charge is 2.36. The number of piperidine rings is 2. The van der Waals surface area contributed by atoms with Gasteiger partial charge in [-0.2, -0.15) is 4.31 Å². The summed E-state index contributed by atoms with van der Waals surface area (Å²) in [6.07, 6.45) is 2.56. The van der Waals surface area contributed by atoms with Crippen molar-refractivity contribution in [1.82, 2.24) is 14.5 Å². The zero-order valence-corrected chi connectivity index (χ0v) is 19.1. The van der Waals surface area contributed by atoms with Crippen LogP contribution in [0.25, 0.3) is 0 Å². The van der Waals surface area contributed by atoms with Crippen molar-refractivity contribution >= 4 is 21.8 Å². The van der Waals surface area contributed by atoms with Crippen LogP contribution in [0, 0.1) is 11.7 Å². The molecule has 33 heavy (non-hydrogen) atoms. The minimum atomic E-state index is -3.62. The first-order valence-electron chi connectivity index (χ1n) is 11.2. The van der Waals surface area contributed by atoms with E-state index in [1.54, 1.807) is 35.2 Å². The maximum atomic E-state index is 13.1. The van der Waals surface area contributed by atoms with Gasteiger partial charge in [-0.3, -0.25) is 9.59 Å². The van der Waals surface area contributed by atoms with Crippen LogP contribution < -0.4 is 5.32 Å². The molecular weight excluding hydrogens is 445 g/mol. The van der Waals surface area contributed by atoms with Crippen LogP contribution in [0.5, 0.6) is 0 Å². The number of rotatable bonds is 5. The number of benzene rings is 2. The van der Waals surface area contributed by atoms with E-state index in [1.807, 2.05) is 0 Å². The van der Waals surface area contributed by atoms with Crippen LogP contribution in [0.3, 0.4) is 0 Å². The van der Waals surface area contributed by atoms with E-state index in [2.05, 4.69) is 5.32 Å². The summed E-state index contributed by atoms with van der Waals surface area (Å²) in [5.74, 6) is -1.03. The summed E-state index contributed by atoms with van der Waals surface area (Å²) in [4.78, 5) is 27.5. The van der Waals surface area contributed by atoms with Crippen LogP contribution in [0.15, 0.2) is 59.5 Å². The summed E-state index contributed by atoms with van der Waals surface area (Å²) in [5.41, 5.74) is 0.400. The molecule has 7 nitrogen and oxygen atoms in total. The monoisotopic (exact) mass is 473 g/mol. The topological polar surface area (TPSA) is 86.8 Å². The van der Waals surface area contributed by atoms with Crippen molar-refractivity contribution in [2.24, 2.45) is 5.92 Å². The third-order valence-electron chi connectivity index (χ3n) is 6.36. The van der Waals surface area contributed by atoms with Gasteiger partial charge in [0.2, 0.25) is 15.9 Å². The lowest BCUT2D eigenvalue weighted by Crippen LogP contribution is -2.51. The van der Waals surface area contributed by atoms with Gasteiger partial charge in [-0.15, -0.1) is 0 Å². The molecule has 2 aromatic carbocycles. The molecule has 0 spiro atoms. The Morgan fingerprint density at radius 2 is 1.58 bits per heavy atom. The Balaban J connectivity index is 1.31. The molecule has 0 aromatic heterocycles. The van der Waals surface area contributed by atoms with Crippen molar-refractivity contribution in [3.8, 4) is 0 Å². The summed E-state index contributed by atoms with van der Waals surface area (Å²) < 4.78 is 40.4. The van der Waals surface area contributed by atoms with Crippen molar-refractivity contribution in [1.29, 1.82) is 0 Å². The van der Waals surface area contributed by atoms with Gasteiger partial charge in [0.1, 0.15) is 5.82 Å². The Hall–Kier alpha value is -2.78. The highest BCUT2D eigenvalue weighted by molar-refractivity contribution is 7.89. The third kappa shape index (κ3) is 5.42. The largest absolute Gasteiger partial charge is 0.349 e. The molecule has 2 fully saturated rings. The van der Waals surface area contributed by atoms with Crippen molar-refractivity contribution in [3.63, 3.8) is 0 Å². The quantitative estimate of drug-likeness (QED) is 0.723. The number of halogens is 1. The number of carbonyl (C=O) groups excluding carboxylic acids is 2. The van der Waals surface area contributed by atoms with Crippen LogP contribution in [0.1, 0.15) is 36.0 Å². The number of nitrogens with one attached hydrogen (secondary N) is 1. The van der Waals surface area contributed by atoms with Crippen LogP contribution in [-0.4, -0.2) is 61.7 Å². The van der Waals surface area contributed by atoms with Gasteiger partial charge >= 0.3 is 0 Å². The second-order valence-corrected chi connectivity index (χ2v) is 10.5. The smallest absolute Gasteiger partial charge is 0.251 e. The lowest BCUT2D eigenvalue weighted by Gasteiger charge is -2.37. The Morgan fingerprint density at radius 3 is 2.24 bits per heavy atom. The summed E-state index contributed by atoms with van der Waals surface area (Å²) in [6, 6.07) is 13.6. The summed E-state index contributed by atoms with van der Waals surface area (Å²) >= 11 is 0. The second-order valence-electron chi connectivity index (χ2n) is 8.60. The van der Waals surface area contributed by atoms with Crippen LogP contribution in [0.4, 0.5) is 4.39 Å². The van der Waals surface area contributed by atoms with Gasteiger partial charge in [0.25, 0.3) is 5.91 Å². The van der Waals surface area contributed by atoms with Crippen molar-refractivity contribution in [2.45, 2.75) is 36.6 Å². The molecule has 0 aliphatic carbocycles. The fourth-order valence-corrected chi connectivity index (χ4v) is 6.02. The molecule has 4 rings (SSSR count). The Morgan fingerprint density at radius 1 is 0.909 bits per heavy atom. The minimum absolute atomic E-state index is 0.0220. The highest BCUT2D eigenvalue weighted by Crippen LogP contribution is 2.26.